The number of hydrogen-bond donors (Lipinski definition) is 3. The average Bonchev–Trinajstić information content (AvgIpc) is 3.31. The van der Waals surface area contributed by atoms with Gasteiger partial charge in [-0.25, -0.2) is 4.79 Å². The number of hydrogen-bond acceptors (Lipinski definition) is 7. The fourth-order valence-corrected chi connectivity index (χ4v) is 10.6. The maximum absolute atomic E-state index is 13.1. The Hall–Kier alpha value is -5.72. The topological polar surface area (TPSA) is 116 Å². The molecule has 0 radical (unpaired) electrons. The molecule has 0 unspecified atom stereocenters. The van der Waals surface area contributed by atoms with E-state index in [9.17, 15) is 14.7 Å². The number of pyridine rings is 1. The fraction of sp³-hybridized carbons (Fsp3) is 0.382. The molecule has 0 aliphatic carbocycles. The van der Waals surface area contributed by atoms with Crippen LogP contribution in [0, 0.1) is 5.92 Å². The van der Waals surface area contributed by atoms with Crippen LogP contribution in [0.25, 0.3) is 22.0 Å². The second kappa shape index (κ2) is 20.8. The number of fused-ring (bicyclic) bond motifs is 4. The van der Waals surface area contributed by atoms with E-state index in [0.717, 1.165) is 103 Å². The second-order valence-corrected chi connectivity index (χ2v) is 24.3. The molecule has 0 spiro atoms. The van der Waals surface area contributed by atoms with Gasteiger partial charge in [-0.05, 0) is 134 Å². The maximum Gasteiger partial charge on any atom is 0.412 e. The number of aromatic amines is 1. The molecule has 6 aromatic rings. The van der Waals surface area contributed by atoms with E-state index in [2.05, 4.69) is 97.6 Å². The van der Waals surface area contributed by atoms with Crippen LogP contribution in [0.2, 0.25) is 18.1 Å². The zero-order valence-corrected chi connectivity index (χ0v) is 40.2. The third-order valence-electron chi connectivity index (χ3n) is 14.0. The predicted octanol–water partition coefficient (Wildman–Crippen LogP) is 11.3. The van der Waals surface area contributed by atoms with E-state index in [-0.39, 0.29) is 22.7 Å². The number of carboxylic acid groups (broad SMARTS) is 1. The Labute approximate surface area is 391 Å². The molecule has 3 N–H and O–H groups in total. The van der Waals surface area contributed by atoms with Gasteiger partial charge < -0.3 is 34.2 Å². The highest BCUT2D eigenvalue weighted by molar-refractivity contribution is 6.74. The number of aryl methyl sites for hydroxylation is 1. The van der Waals surface area contributed by atoms with Crippen LogP contribution in [0.15, 0.2) is 132 Å². The van der Waals surface area contributed by atoms with Crippen LogP contribution in [-0.2, 0) is 23.9 Å². The first kappa shape index (κ1) is 46.8. The van der Waals surface area contributed by atoms with Gasteiger partial charge in [0, 0.05) is 30.1 Å². The number of benzene rings is 5. The summed E-state index contributed by atoms with van der Waals surface area (Å²) in [5, 5.41) is 15.3. The smallest absolute Gasteiger partial charge is 0.412 e. The molecule has 3 aliphatic heterocycles. The second-order valence-electron chi connectivity index (χ2n) is 19.5. The Bertz CT molecular complexity index is 2620. The van der Waals surface area contributed by atoms with Gasteiger partial charge in [0.1, 0.15) is 18.1 Å². The predicted molar refractivity (Wildman–Crippen MR) is 269 cm³/mol. The van der Waals surface area contributed by atoms with Crippen molar-refractivity contribution >= 4 is 31.0 Å². The van der Waals surface area contributed by atoms with E-state index >= 15 is 0 Å². The lowest BCUT2D eigenvalue weighted by atomic mass is 9.82. The van der Waals surface area contributed by atoms with Gasteiger partial charge in [-0.3, -0.25) is 9.69 Å². The molecular formula is C55H66N4O6Si. The molecule has 66 heavy (non-hydrogen) atoms. The van der Waals surface area contributed by atoms with Crippen LogP contribution in [0.4, 0.5) is 10.5 Å². The standard InChI is InChI=1S/C55H66N4O6Si/c1-55(2,3)66(4,5)65-51(46-23-25-50(53-47(46)24-26-52(60)57-53)64-38-41-14-8-6-9-15-41)36-56-30-27-40-16-12-20-44(34-40)63-33-13-17-39-21-22-45(42-18-10-7-11-19-42)48(35-39)59(54(61)62)49-37-58-31-28-43(49)29-32-58/h6-12,14-16,18-26,34-35,43,49,51,56H,13,17,27-33,36-38H2,1-5H3,(H,57,60)(H,61,62)/t49-,51-/m0/s1. The Kier molecular flexibility index (Phi) is 14.8. The molecular weight excluding hydrogens is 841 g/mol. The number of aromatic nitrogens is 1. The lowest BCUT2D eigenvalue weighted by Crippen LogP contribution is -2.59. The first-order chi connectivity index (χ1) is 31.8. The number of anilines is 1. The minimum atomic E-state index is -2.22. The maximum atomic E-state index is 13.1. The van der Waals surface area contributed by atoms with Gasteiger partial charge in [0.2, 0.25) is 5.56 Å². The highest BCUT2D eigenvalue weighted by Gasteiger charge is 2.41. The summed E-state index contributed by atoms with van der Waals surface area (Å²) < 4.78 is 19.7. The van der Waals surface area contributed by atoms with Crippen LogP contribution < -0.4 is 25.2 Å². The van der Waals surface area contributed by atoms with Crippen LogP contribution in [0.3, 0.4) is 0 Å². The molecule has 10 nitrogen and oxygen atoms in total. The minimum absolute atomic E-state index is 0.00109. The van der Waals surface area contributed by atoms with Crippen molar-refractivity contribution in [1.29, 1.82) is 0 Å². The molecule has 11 heteroatoms. The van der Waals surface area contributed by atoms with Crippen LogP contribution in [0.5, 0.6) is 11.5 Å². The molecule has 1 amide bonds. The van der Waals surface area contributed by atoms with Crippen molar-refractivity contribution in [3.63, 3.8) is 0 Å². The highest BCUT2D eigenvalue weighted by Crippen LogP contribution is 2.42. The van der Waals surface area contributed by atoms with Gasteiger partial charge in [0.05, 0.1) is 30.0 Å². The van der Waals surface area contributed by atoms with Gasteiger partial charge in [-0.2, -0.15) is 0 Å². The molecule has 3 saturated heterocycles. The third-order valence-corrected chi connectivity index (χ3v) is 18.5. The number of amides is 1. The number of H-pyrrole nitrogens is 1. The van der Waals surface area contributed by atoms with Crippen molar-refractivity contribution in [3.8, 4) is 22.6 Å². The number of ether oxygens (including phenoxy) is 2. The zero-order valence-electron chi connectivity index (χ0n) is 39.2. The number of nitrogens with one attached hydrogen (secondary N) is 2. The molecule has 3 fully saturated rings. The lowest BCUT2D eigenvalue weighted by molar-refractivity contribution is 0.0837. The van der Waals surface area contributed by atoms with Gasteiger partial charge in [-0.15, -0.1) is 0 Å². The van der Waals surface area contributed by atoms with E-state index in [1.54, 1.807) is 11.0 Å². The van der Waals surface area contributed by atoms with Gasteiger partial charge in [0.25, 0.3) is 0 Å². The fourth-order valence-electron chi connectivity index (χ4n) is 9.30. The molecule has 2 bridgehead atoms. The Balaban J connectivity index is 0.902. The summed E-state index contributed by atoms with van der Waals surface area (Å²) in [5.41, 5.74) is 7.58. The molecule has 9 rings (SSSR count). The summed E-state index contributed by atoms with van der Waals surface area (Å²) >= 11 is 0. The SMILES string of the molecule is CC(C)(C)[Si](C)(C)O[C@@H](CNCCc1cccc(OCCCc2ccc(-c3ccccc3)c(N(C(=O)O)[C@H]3CN4CCC3CC4)c2)c1)c1ccc(OCc2ccccc2)c2[nH]c(=O)ccc12. The number of rotatable bonds is 19. The van der Waals surface area contributed by atoms with Crippen LogP contribution >= 0.6 is 0 Å². The summed E-state index contributed by atoms with van der Waals surface area (Å²) in [6, 6.07) is 42.2. The van der Waals surface area contributed by atoms with Crippen LogP contribution in [0.1, 0.15) is 68.4 Å². The van der Waals surface area contributed by atoms with Crippen molar-refractivity contribution in [3.05, 3.63) is 160 Å². The largest absolute Gasteiger partial charge is 0.494 e. The van der Waals surface area contributed by atoms with Crippen molar-refractivity contribution in [1.82, 2.24) is 15.2 Å². The average molecular weight is 907 g/mol. The number of carbonyl (C=O) groups is 1. The van der Waals surface area contributed by atoms with Crippen molar-refractivity contribution < 1.29 is 23.8 Å². The first-order valence-electron chi connectivity index (χ1n) is 23.7. The highest BCUT2D eigenvalue weighted by atomic mass is 28.4. The zero-order chi connectivity index (χ0) is 46.3. The third kappa shape index (κ3) is 11.3. The molecule has 2 atom stereocenters. The summed E-state index contributed by atoms with van der Waals surface area (Å²) in [4.78, 5) is 32.8. The minimum Gasteiger partial charge on any atom is -0.494 e. The molecule has 4 heterocycles. The lowest BCUT2D eigenvalue weighted by Gasteiger charge is -2.48. The van der Waals surface area contributed by atoms with E-state index in [1.165, 1.54) is 5.56 Å². The molecule has 3 aliphatic rings. The van der Waals surface area contributed by atoms with Crippen molar-refractivity contribution in [2.75, 3.05) is 44.2 Å². The summed E-state index contributed by atoms with van der Waals surface area (Å²) in [5.74, 6) is 1.84. The van der Waals surface area contributed by atoms with E-state index < -0.39 is 14.4 Å². The molecule has 0 saturated carbocycles. The van der Waals surface area contributed by atoms with Gasteiger partial charge >= 0.3 is 6.09 Å². The molecule has 5 aromatic carbocycles. The summed E-state index contributed by atoms with van der Waals surface area (Å²) in [6.45, 7) is 16.5. The monoisotopic (exact) mass is 906 g/mol. The van der Waals surface area contributed by atoms with Gasteiger partial charge in [0.15, 0.2) is 8.32 Å². The van der Waals surface area contributed by atoms with E-state index in [0.29, 0.717) is 36.9 Å². The van der Waals surface area contributed by atoms with Crippen LogP contribution in [-0.4, -0.2) is 74.8 Å². The Morgan fingerprint density at radius 3 is 2.29 bits per heavy atom. The normalized spacial score (nSPS) is 17.7. The van der Waals surface area contributed by atoms with E-state index in [4.69, 9.17) is 13.9 Å². The summed E-state index contributed by atoms with van der Waals surface area (Å²) in [7, 11) is -2.22. The van der Waals surface area contributed by atoms with Crippen molar-refractivity contribution in [2.24, 2.45) is 5.92 Å². The number of piperidine rings is 3. The molecule has 346 valence electrons. The summed E-state index contributed by atoms with van der Waals surface area (Å²) in [6.07, 6.45) is 3.31. The Morgan fingerprint density at radius 1 is 0.848 bits per heavy atom. The first-order valence-corrected chi connectivity index (χ1v) is 26.6. The van der Waals surface area contributed by atoms with Gasteiger partial charge in [-0.1, -0.05) is 112 Å². The number of nitrogens with zero attached hydrogens (tertiary/aromatic N) is 2. The Morgan fingerprint density at radius 2 is 1.58 bits per heavy atom. The molecule has 1 aromatic heterocycles. The quantitative estimate of drug-likeness (QED) is 0.0544. The van der Waals surface area contributed by atoms with E-state index in [1.807, 2.05) is 72.8 Å². The van der Waals surface area contributed by atoms with Crippen molar-refractivity contribution in [2.45, 2.75) is 89.8 Å².